The average Bonchev–Trinajstić information content (AvgIpc) is 2.58. The van der Waals surface area contributed by atoms with E-state index < -0.39 is 5.97 Å². The van der Waals surface area contributed by atoms with Gasteiger partial charge in [-0.2, -0.15) is 0 Å². The Bertz CT molecular complexity index is 823. The van der Waals surface area contributed by atoms with Crippen molar-refractivity contribution >= 4 is 11.7 Å². The van der Waals surface area contributed by atoms with Crippen LogP contribution in [0.25, 0.3) is 0 Å². The molecule has 1 aliphatic rings. The summed E-state index contributed by atoms with van der Waals surface area (Å²) in [7, 11) is 0. The van der Waals surface area contributed by atoms with Crippen LogP contribution in [0.1, 0.15) is 47.7 Å². The summed E-state index contributed by atoms with van der Waals surface area (Å²) >= 11 is 0. The predicted octanol–water partition coefficient (Wildman–Crippen LogP) is 4.43. The number of aryl methyl sites for hydroxylation is 1. The van der Waals surface area contributed by atoms with Crippen LogP contribution in [0.5, 0.6) is 0 Å². The number of esters is 1. The number of carbonyl (C=O) groups excluding carboxylic acids is 1. The van der Waals surface area contributed by atoms with Gasteiger partial charge >= 0.3 is 5.97 Å². The third kappa shape index (κ3) is 3.27. The molecule has 1 aromatic heterocycles. The summed E-state index contributed by atoms with van der Waals surface area (Å²) in [5, 5.41) is 0. The van der Waals surface area contributed by atoms with Crippen molar-refractivity contribution in [3.8, 4) is 0 Å². The number of aliphatic imine (C=N–C) groups is 1. The Morgan fingerprint density at radius 3 is 2.62 bits per heavy atom. The molecule has 2 heterocycles. The van der Waals surface area contributed by atoms with Gasteiger partial charge in [0.15, 0.2) is 0 Å². The fourth-order valence-electron chi connectivity index (χ4n) is 3.04. The van der Waals surface area contributed by atoms with Gasteiger partial charge in [0, 0.05) is 24.0 Å². The molecule has 24 heavy (non-hydrogen) atoms. The van der Waals surface area contributed by atoms with Crippen LogP contribution in [0.15, 0.2) is 65.2 Å². The maximum absolute atomic E-state index is 12.5. The van der Waals surface area contributed by atoms with Gasteiger partial charge in [0.2, 0.25) is 0 Å². The Morgan fingerprint density at radius 1 is 1.12 bits per heavy atom. The zero-order valence-electron chi connectivity index (χ0n) is 14.1. The average molecular weight is 320 g/mol. The number of hydrogen-bond acceptors (Lipinski definition) is 4. The molecule has 4 nitrogen and oxygen atoms in total. The summed E-state index contributed by atoms with van der Waals surface area (Å²) in [6.07, 6.45) is 3.89. The largest absolute Gasteiger partial charge is 0.425 e. The van der Waals surface area contributed by atoms with E-state index in [1.165, 1.54) is 17.3 Å². The first-order chi connectivity index (χ1) is 11.6. The molecule has 4 heteroatoms. The van der Waals surface area contributed by atoms with Crippen molar-refractivity contribution in [1.82, 2.24) is 4.98 Å². The standard InChI is InChI=1S/C20H20N2O2/c1-13-7-4-5-9-17(13)18-11-14(2)22-15(3)19(18)24-20(23)16-8-6-10-21-12-16/h4-10,12,18H,11H2,1-3H3. The van der Waals surface area contributed by atoms with Crippen molar-refractivity contribution in [2.75, 3.05) is 0 Å². The van der Waals surface area contributed by atoms with Crippen molar-refractivity contribution in [2.24, 2.45) is 4.99 Å². The summed E-state index contributed by atoms with van der Waals surface area (Å²) < 4.78 is 5.75. The van der Waals surface area contributed by atoms with Crippen LogP contribution in [0.4, 0.5) is 0 Å². The second-order valence-corrected chi connectivity index (χ2v) is 6.04. The molecule has 122 valence electrons. The second-order valence-electron chi connectivity index (χ2n) is 6.04. The normalized spacial score (nSPS) is 17.5. The summed E-state index contributed by atoms with van der Waals surface area (Å²) in [5.41, 5.74) is 4.58. The first-order valence-electron chi connectivity index (χ1n) is 7.99. The van der Waals surface area contributed by atoms with E-state index in [1.807, 2.05) is 26.0 Å². The van der Waals surface area contributed by atoms with Crippen molar-refractivity contribution in [1.29, 1.82) is 0 Å². The maximum atomic E-state index is 12.5. The molecule has 1 aromatic carbocycles. The van der Waals surface area contributed by atoms with E-state index in [0.29, 0.717) is 11.3 Å². The highest BCUT2D eigenvalue weighted by molar-refractivity contribution is 5.90. The molecular weight excluding hydrogens is 300 g/mol. The van der Waals surface area contributed by atoms with Gasteiger partial charge in [-0.05, 0) is 50.5 Å². The Kier molecular flexibility index (Phi) is 4.56. The molecule has 0 radical (unpaired) electrons. The fourth-order valence-corrected chi connectivity index (χ4v) is 3.04. The molecule has 0 fully saturated rings. The Balaban J connectivity index is 1.96. The molecule has 2 aromatic rings. The Hall–Kier alpha value is -2.75. The van der Waals surface area contributed by atoms with Gasteiger partial charge in [-0.25, -0.2) is 4.79 Å². The van der Waals surface area contributed by atoms with Crippen LogP contribution in [0, 0.1) is 6.92 Å². The number of nitrogens with zero attached hydrogens (tertiary/aromatic N) is 2. The highest BCUT2D eigenvalue weighted by Gasteiger charge is 2.28. The number of aromatic nitrogens is 1. The van der Waals surface area contributed by atoms with Gasteiger partial charge in [-0.1, -0.05) is 24.3 Å². The summed E-state index contributed by atoms with van der Waals surface area (Å²) in [5.74, 6) is 0.235. The molecule has 0 aliphatic carbocycles. The minimum Gasteiger partial charge on any atom is -0.425 e. The fraction of sp³-hybridized carbons (Fsp3) is 0.250. The molecule has 0 saturated heterocycles. The summed E-state index contributed by atoms with van der Waals surface area (Å²) in [6.45, 7) is 5.97. The molecule has 3 rings (SSSR count). The highest BCUT2D eigenvalue weighted by atomic mass is 16.5. The van der Waals surface area contributed by atoms with Crippen molar-refractivity contribution < 1.29 is 9.53 Å². The van der Waals surface area contributed by atoms with E-state index in [1.54, 1.807) is 18.3 Å². The topological polar surface area (TPSA) is 51.5 Å². The number of carbonyl (C=O) groups is 1. The van der Waals surface area contributed by atoms with Gasteiger partial charge in [-0.15, -0.1) is 0 Å². The molecule has 1 unspecified atom stereocenters. The Labute approximate surface area is 141 Å². The minimum atomic E-state index is -0.397. The molecule has 0 N–H and O–H groups in total. The maximum Gasteiger partial charge on any atom is 0.344 e. The summed E-state index contributed by atoms with van der Waals surface area (Å²) in [4.78, 5) is 21.0. The van der Waals surface area contributed by atoms with Crippen LogP contribution in [-0.2, 0) is 4.74 Å². The van der Waals surface area contributed by atoms with E-state index in [4.69, 9.17) is 4.74 Å². The van der Waals surface area contributed by atoms with Crippen LogP contribution in [0.3, 0.4) is 0 Å². The van der Waals surface area contributed by atoms with Crippen LogP contribution in [0.2, 0.25) is 0 Å². The van der Waals surface area contributed by atoms with Gasteiger partial charge in [0.05, 0.1) is 11.3 Å². The van der Waals surface area contributed by atoms with E-state index in [0.717, 1.165) is 17.8 Å². The number of allylic oxidation sites excluding steroid dienone is 2. The lowest BCUT2D eigenvalue weighted by Gasteiger charge is -2.26. The number of pyridine rings is 1. The minimum absolute atomic E-state index is 0.00400. The van der Waals surface area contributed by atoms with Crippen LogP contribution < -0.4 is 0 Å². The van der Waals surface area contributed by atoms with Gasteiger partial charge < -0.3 is 4.74 Å². The smallest absolute Gasteiger partial charge is 0.344 e. The molecule has 0 bridgehead atoms. The number of hydrogen-bond donors (Lipinski definition) is 0. The molecule has 0 amide bonds. The molecule has 0 spiro atoms. The van der Waals surface area contributed by atoms with Crippen molar-refractivity contribution in [3.05, 3.63) is 76.9 Å². The monoisotopic (exact) mass is 320 g/mol. The number of benzene rings is 1. The summed E-state index contributed by atoms with van der Waals surface area (Å²) in [6, 6.07) is 11.6. The third-order valence-electron chi connectivity index (χ3n) is 4.19. The van der Waals surface area contributed by atoms with Crippen LogP contribution in [-0.4, -0.2) is 16.7 Å². The lowest BCUT2D eigenvalue weighted by atomic mass is 9.86. The van der Waals surface area contributed by atoms with Crippen LogP contribution >= 0.6 is 0 Å². The lowest BCUT2D eigenvalue weighted by Crippen LogP contribution is -2.19. The van der Waals surface area contributed by atoms with E-state index in [2.05, 4.69) is 29.0 Å². The zero-order chi connectivity index (χ0) is 17.1. The third-order valence-corrected chi connectivity index (χ3v) is 4.19. The van der Waals surface area contributed by atoms with Gasteiger partial charge in [-0.3, -0.25) is 9.98 Å². The number of ether oxygens (including phenoxy) is 1. The molecule has 1 aliphatic heterocycles. The first kappa shape index (κ1) is 16.1. The van der Waals surface area contributed by atoms with Crippen molar-refractivity contribution in [2.45, 2.75) is 33.1 Å². The van der Waals surface area contributed by atoms with E-state index >= 15 is 0 Å². The Morgan fingerprint density at radius 2 is 1.92 bits per heavy atom. The highest BCUT2D eigenvalue weighted by Crippen LogP contribution is 2.37. The van der Waals surface area contributed by atoms with E-state index in [-0.39, 0.29) is 5.92 Å². The SMILES string of the molecule is CC1=NC(C)=C(OC(=O)c2cccnc2)C(c2ccccc2C)C1. The first-order valence-corrected chi connectivity index (χ1v) is 7.99. The molecule has 0 saturated carbocycles. The van der Waals surface area contributed by atoms with E-state index in [9.17, 15) is 4.79 Å². The second kappa shape index (κ2) is 6.79. The van der Waals surface area contributed by atoms with Crippen molar-refractivity contribution in [3.63, 3.8) is 0 Å². The lowest BCUT2D eigenvalue weighted by molar-refractivity contribution is 0.0598. The molecular formula is C20H20N2O2. The predicted molar refractivity (Wildman–Crippen MR) is 94.0 cm³/mol. The molecule has 1 atom stereocenters. The number of rotatable bonds is 3. The zero-order valence-corrected chi connectivity index (χ0v) is 14.1. The quantitative estimate of drug-likeness (QED) is 0.786. The van der Waals surface area contributed by atoms with Gasteiger partial charge in [0.25, 0.3) is 0 Å². The van der Waals surface area contributed by atoms with Gasteiger partial charge in [0.1, 0.15) is 5.76 Å².